The Bertz CT molecular complexity index is 1290. The van der Waals surface area contributed by atoms with E-state index in [0.717, 1.165) is 45.6 Å². The highest BCUT2D eigenvalue weighted by Gasteiger charge is 2.22. The van der Waals surface area contributed by atoms with Gasteiger partial charge in [-0.3, -0.25) is 9.97 Å². The van der Waals surface area contributed by atoms with E-state index in [4.69, 9.17) is 19.6 Å². The van der Waals surface area contributed by atoms with Gasteiger partial charge in [0.2, 0.25) is 0 Å². The first-order chi connectivity index (χ1) is 18.3. The predicted molar refractivity (Wildman–Crippen MR) is 150 cm³/mol. The molecule has 0 atom stereocenters. The molecule has 39 heavy (non-hydrogen) atoms. The van der Waals surface area contributed by atoms with Crippen molar-refractivity contribution in [1.82, 2.24) is 15.3 Å². The Labute approximate surface area is 230 Å². The summed E-state index contributed by atoms with van der Waals surface area (Å²) >= 11 is 0. The summed E-state index contributed by atoms with van der Waals surface area (Å²) in [6.07, 6.45) is 1.60. The largest absolute Gasteiger partial charge is 0.478 e. The van der Waals surface area contributed by atoms with Crippen molar-refractivity contribution in [2.24, 2.45) is 5.92 Å². The van der Waals surface area contributed by atoms with Crippen LogP contribution < -0.4 is 5.32 Å². The molecule has 0 fully saturated rings. The number of aromatic nitrogens is 2. The van der Waals surface area contributed by atoms with Crippen LogP contribution in [0.15, 0.2) is 42.6 Å². The van der Waals surface area contributed by atoms with Crippen molar-refractivity contribution < 1.29 is 24.2 Å². The SMILES string of the molecule is Cc1ccc(-c2c(COCc3ccc(C(=O)O)cn3)c(C)nc(CC(C)C)c2CNC(=O)OC(C)(C)C)cc1. The monoisotopic (exact) mass is 533 g/mol. The Balaban J connectivity index is 2.00. The average Bonchev–Trinajstić information content (AvgIpc) is 2.84. The molecule has 0 aliphatic carbocycles. The number of ether oxygens (including phenoxy) is 2. The molecule has 0 unspecified atom stereocenters. The first kappa shape index (κ1) is 29.8. The number of alkyl carbamates (subject to hydrolysis) is 1. The highest BCUT2D eigenvalue weighted by Crippen LogP contribution is 2.33. The van der Waals surface area contributed by atoms with Gasteiger partial charge in [0.25, 0.3) is 0 Å². The molecule has 0 saturated carbocycles. The van der Waals surface area contributed by atoms with Crippen LogP contribution in [0.5, 0.6) is 0 Å². The highest BCUT2D eigenvalue weighted by molar-refractivity contribution is 5.87. The van der Waals surface area contributed by atoms with Crippen LogP contribution in [0.3, 0.4) is 0 Å². The average molecular weight is 534 g/mol. The molecular formula is C31H39N3O5. The second kappa shape index (κ2) is 12.8. The van der Waals surface area contributed by atoms with Gasteiger partial charge in [-0.1, -0.05) is 43.7 Å². The first-order valence-corrected chi connectivity index (χ1v) is 13.1. The van der Waals surface area contributed by atoms with E-state index in [0.29, 0.717) is 11.6 Å². The molecule has 0 saturated heterocycles. The van der Waals surface area contributed by atoms with Crippen molar-refractivity contribution in [2.75, 3.05) is 0 Å². The van der Waals surface area contributed by atoms with Crippen LogP contribution in [0, 0.1) is 19.8 Å². The second-order valence-corrected chi connectivity index (χ2v) is 11.1. The molecule has 0 aliphatic heterocycles. The minimum atomic E-state index is -1.02. The Morgan fingerprint density at radius 3 is 2.26 bits per heavy atom. The number of hydrogen-bond acceptors (Lipinski definition) is 6. The molecule has 2 aromatic heterocycles. The normalized spacial score (nSPS) is 11.5. The number of hydrogen-bond donors (Lipinski definition) is 2. The molecule has 8 nitrogen and oxygen atoms in total. The molecule has 8 heteroatoms. The summed E-state index contributed by atoms with van der Waals surface area (Å²) in [5.41, 5.74) is 6.96. The lowest BCUT2D eigenvalue weighted by atomic mass is 9.90. The van der Waals surface area contributed by atoms with Gasteiger partial charge in [0, 0.05) is 35.3 Å². The van der Waals surface area contributed by atoms with Crippen LogP contribution in [0.2, 0.25) is 0 Å². The Hall–Kier alpha value is -3.78. The minimum Gasteiger partial charge on any atom is -0.478 e. The number of aryl methyl sites for hydroxylation is 2. The molecule has 0 radical (unpaired) electrons. The molecule has 3 rings (SSSR count). The van der Waals surface area contributed by atoms with Gasteiger partial charge in [0.1, 0.15) is 5.60 Å². The van der Waals surface area contributed by atoms with E-state index in [1.165, 1.54) is 12.3 Å². The molecule has 2 heterocycles. The maximum atomic E-state index is 12.6. The minimum absolute atomic E-state index is 0.128. The van der Waals surface area contributed by atoms with Gasteiger partial charge in [-0.05, 0) is 70.2 Å². The van der Waals surface area contributed by atoms with Crippen molar-refractivity contribution in [2.45, 2.75) is 80.2 Å². The number of rotatable bonds is 10. The standard InChI is InChI=1S/C31H39N3O5/c1-19(2)14-27-25(16-33-30(37)39-31(5,6)7)28(22-10-8-20(3)9-11-22)26(21(4)34-27)18-38-17-24-13-12-23(15-32-24)29(35)36/h8-13,15,19H,14,16-18H2,1-7H3,(H,33,37)(H,35,36). The van der Waals surface area contributed by atoms with E-state index in [1.54, 1.807) is 6.07 Å². The fourth-order valence-corrected chi connectivity index (χ4v) is 4.20. The lowest BCUT2D eigenvalue weighted by Crippen LogP contribution is -2.32. The predicted octanol–water partition coefficient (Wildman–Crippen LogP) is 6.40. The van der Waals surface area contributed by atoms with Gasteiger partial charge in [-0.25, -0.2) is 9.59 Å². The topological polar surface area (TPSA) is 111 Å². The third-order valence-electron chi connectivity index (χ3n) is 6.01. The number of nitrogens with one attached hydrogen (secondary N) is 1. The number of amides is 1. The third kappa shape index (κ3) is 8.61. The summed E-state index contributed by atoms with van der Waals surface area (Å²) in [6, 6.07) is 11.5. The van der Waals surface area contributed by atoms with E-state index in [2.05, 4.69) is 48.4 Å². The fourth-order valence-electron chi connectivity index (χ4n) is 4.20. The molecule has 0 aliphatic rings. The Morgan fingerprint density at radius 2 is 1.69 bits per heavy atom. The van der Waals surface area contributed by atoms with Crippen molar-refractivity contribution in [3.05, 3.63) is 81.9 Å². The first-order valence-electron chi connectivity index (χ1n) is 13.1. The molecule has 1 amide bonds. The molecule has 208 valence electrons. The summed E-state index contributed by atoms with van der Waals surface area (Å²) in [5, 5.41) is 12.0. The van der Waals surface area contributed by atoms with Crippen LogP contribution in [-0.4, -0.2) is 32.7 Å². The number of carbonyl (C=O) groups is 2. The van der Waals surface area contributed by atoms with E-state index in [9.17, 15) is 9.59 Å². The molecule has 3 aromatic rings. The van der Waals surface area contributed by atoms with Crippen molar-refractivity contribution in [3.63, 3.8) is 0 Å². The lowest BCUT2D eigenvalue weighted by molar-refractivity contribution is 0.0522. The maximum absolute atomic E-state index is 12.6. The van der Waals surface area contributed by atoms with Crippen molar-refractivity contribution in [1.29, 1.82) is 0 Å². The molecule has 0 spiro atoms. The molecule has 0 bridgehead atoms. The van der Waals surface area contributed by atoms with Gasteiger partial charge >= 0.3 is 12.1 Å². The van der Waals surface area contributed by atoms with Gasteiger partial charge in [-0.15, -0.1) is 0 Å². The second-order valence-electron chi connectivity index (χ2n) is 11.1. The third-order valence-corrected chi connectivity index (χ3v) is 6.01. The zero-order chi connectivity index (χ0) is 28.7. The number of carboxylic acids is 1. The van der Waals surface area contributed by atoms with Crippen molar-refractivity contribution >= 4 is 12.1 Å². The number of carbonyl (C=O) groups excluding carboxylic acids is 1. The number of aromatic carboxylic acids is 1. The summed E-state index contributed by atoms with van der Waals surface area (Å²) in [6.45, 7) is 14.6. The van der Waals surface area contributed by atoms with E-state index in [1.807, 2.05) is 34.6 Å². The summed E-state index contributed by atoms with van der Waals surface area (Å²) in [7, 11) is 0. The van der Waals surface area contributed by atoms with Crippen LogP contribution in [0.1, 0.15) is 78.7 Å². The van der Waals surface area contributed by atoms with Crippen LogP contribution in [0.4, 0.5) is 4.79 Å². The zero-order valence-corrected chi connectivity index (χ0v) is 23.9. The van der Waals surface area contributed by atoms with Gasteiger partial charge < -0.3 is 19.9 Å². The summed E-state index contributed by atoms with van der Waals surface area (Å²) < 4.78 is 11.6. The molecule has 1 aromatic carbocycles. The highest BCUT2D eigenvalue weighted by atomic mass is 16.6. The summed E-state index contributed by atoms with van der Waals surface area (Å²) in [4.78, 5) is 32.9. The molecule has 2 N–H and O–H groups in total. The Kier molecular flexibility index (Phi) is 9.81. The van der Waals surface area contributed by atoms with Crippen LogP contribution in [-0.2, 0) is 35.7 Å². The maximum Gasteiger partial charge on any atom is 0.407 e. The molecular weight excluding hydrogens is 494 g/mol. The number of nitrogens with zero attached hydrogens (tertiary/aromatic N) is 2. The van der Waals surface area contributed by atoms with E-state index in [-0.39, 0.29) is 25.3 Å². The van der Waals surface area contributed by atoms with Gasteiger partial charge in [0.05, 0.1) is 24.5 Å². The van der Waals surface area contributed by atoms with Gasteiger partial charge in [-0.2, -0.15) is 0 Å². The quantitative estimate of drug-likeness (QED) is 0.310. The van der Waals surface area contributed by atoms with E-state index < -0.39 is 17.7 Å². The van der Waals surface area contributed by atoms with Crippen molar-refractivity contribution in [3.8, 4) is 11.1 Å². The Morgan fingerprint density at radius 1 is 1.00 bits per heavy atom. The number of benzene rings is 1. The zero-order valence-electron chi connectivity index (χ0n) is 23.9. The van der Waals surface area contributed by atoms with E-state index >= 15 is 0 Å². The van der Waals surface area contributed by atoms with Crippen LogP contribution >= 0.6 is 0 Å². The smallest absolute Gasteiger partial charge is 0.407 e. The summed E-state index contributed by atoms with van der Waals surface area (Å²) in [5.74, 6) is -0.654. The number of pyridine rings is 2. The van der Waals surface area contributed by atoms with Crippen LogP contribution in [0.25, 0.3) is 11.1 Å². The number of carboxylic acid groups (broad SMARTS) is 1. The lowest BCUT2D eigenvalue weighted by Gasteiger charge is -2.23. The fraction of sp³-hybridized carbons (Fsp3) is 0.419. The van der Waals surface area contributed by atoms with Gasteiger partial charge in [0.15, 0.2) is 0 Å².